The molecule has 4 nitrogen and oxygen atoms in total. The molecule has 0 aliphatic rings. The highest BCUT2D eigenvalue weighted by Gasteiger charge is 2.15. The van der Waals surface area contributed by atoms with Gasteiger partial charge in [0.1, 0.15) is 11.5 Å². The van der Waals surface area contributed by atoms with Gasteiger partial charge >= 0.3 is 0 Å². The lowest BCUT2D eigenvalue weighted by Crippen LogP contribution is -2.03. The van der Waals surface area contributed by atoms with E-state index in [4.69, 9.17) is 14.6 Å². The highest BCUT2D eigenvalue weighted by Crippen LogP contribution is 2.34. The van der Waals surface area contributed by atoms with Crippen LogP contribution < -0.4 is 9.47 Å². The number of hydrogen-bond acceptors (Lipinski definition) is 4. The molecule has 1 rings (SSSR count). The summed E-state index contributed by atoms with van der Waals surface area (Å²) < 4.78 is 10.5. The van der Waals surface area contributed by atoms with Gasteiger partial charge in [-0.2, -0.15) is 0 Å². The Hall–Kier alpha value is -1.26. The van der Waals surface area contributed by atoms with Gasteiger partial charge in [-0.3, -0.25) is 0 Å². The number of methoxy groups -OCH3 is 2. The lowest BCUT2D eigenvalue weighted by Gasteiger charge is -2.17. The maximum Gasteiger partial charge on any atom is 0.125 e. The van der Waals surface area contributed by atoms with Crippen LogP contribution in [-0.2, 0) is 0 Å². The summed E-state index contributed by atoms with van der Waals surface area (Å²) in [5.41, 5.74) is 1.66. The second-order valence-electron chi connectivity index (χ2n) is 3.95. The first-order valence-electron chi connectivity index (χ1n) is 5.65. The largest absolute Gasteiger partial charge is 0.496 e. The van der Waals surface area contributed by atoms with E-state index >= 15 is 0 Å². The van der Waals surface area contributed by atoms with Crippen molar-refractivity contribution < 1.29 is 19.7 Å². The predicted octanol–water partition coefficient (Wildman–Crippen LogP) is 1.82. The van der Waals surface area contributed by atoms with E-state index in [0.29, 0.717) is 24.2 Å². The monoisotopic (exact) mass is 240 g/mol. The fraction of sp³-hybridized carbons (Fsp3) is 0.538. The Kier molecular flexibility index (Phi) is 5.25. The van der Waals surface area contributed by atoms with Gasteiger partial charge in [0.15, 0.2) is 0 Å². The molecule has 0 heterocycles. The molecule has 0 saturated carbocycles. The number of benzene rings is 1. The van der Waals surface area contributed by atoms with Crippen LogP contribution in [0.2, 0.25) is 0 Å². The summed E-state index contributed by atoms with van der Waals surface area (Å²) in [6.45, 7) is 1.99. The predicted molar refractivity (Wildman–Crippen MR) is 65.6 cm³/mol. The number of hydrogen-bond donors (Lipinski definition) is 2. The Morgan fingerprint density at radius 2 is 1.82 bits per heavy atom. The molecule has 1 aromatic carbocycles. The number of aryl methyl sites for hydroxylation is 1. The lowest BCUT2D eigenvalue weighted by atomic mass is 10.0. The van der Waals surface area contributed by atoms with E-state index in [1.165, 1.54) is 0 Å². The van der Waals surface area contributed by atoms with Crippen molar-refractivity contribution in [3.05, 3.63) is 23.3 Å². The van der Waals surface area contributed by atoms with Crippen molar-refractivity contribution in [1.29, 1.82) is 0 Å². The quantitative estimate of drug-likeness (QED) is 0.796. The van der Waals surface area contributed by atoms with Crippen molar-refractivity contribution in [2.45, 2.75) is 25.9 Å². The smallest absolute Gasteiger partial charge is 0.125 e. The minimum Gasteiger partial charge on any atom is -0.496 e. The van der Waals surface area contributed by atoms with Crippen molar-refractivity contribution in [1.82, 2.24) is 0 Å². The molecular formula is C13H20O4. The van der Waals surface area contributed by atoms with Gasteiger partial charge in [0, 0.05) is 12.2 Å². The molecule has 0 spiro atoms. The zero-order valence-electron chi connectivity index (χ0n) is 10.6. The molecule has 0 aromatic heterocycles. The average Bonchev–Trinajstić information content (AvgIpc) is 2.35. The van der Waals surface area contributed by atoms with Crippen molar-refractivity contribution >= 4 is 0 Å². The minimum absolute atomic E-state index is 0.0718. The van der Waals surface area contributed by atoms with E-state index in [1.807, 2.05) is 13.0 Å². The van der Waals surface area contributed by atoms with E-state index in [0.717, 1.165) is 11.3 Å². The van der Waals surface area contributed by atoms with Gasteiger partial charge in [0.25, 0.3) is 0 Å². The van der Waals surface area contributed by atoms with E-state index in [9.17, 15) is 5.11 Å². The summed E-state index contributed by atoms with van der Waals surface area (Å²) in [6, 6.07) is 3.63. The Labute approximate surface area is 102 Å². The van der Waals surface area contributed by atoms with Gasteiger partial charge < -0.3 is 19.7 Å². The molecular weight excluding hydrogens is 220 g/mol. The van der Waals surface area contributed by atoms with Crippen LogP contribution in [0.3, 0.4) is 0 Å². The van der Waals surface area contributed by atoms with Crippen molar-refractivity contribution in [2.75, 3.05) is 20.8 Å². The van der Waals surface area contributed by atoms with E-state index in [-0.39, 0.29) is 6.61 Å². The first-order chi connectivity index (χ1) is 8.13. The van der Waals surface area contributed by atoms with Crippen LogP contribution in [0.1, 0.15) is 30.1 Å². The van der Waals surface area contributed by atoms with Gasteiger partial charge in [-0.15, -0.1) is 0 Å². The molecule has 0 fully saturated rings. The normalized spacial score (nSPS) is 12.3. The number of aliphatic hydroxyl groups excluding tert-OH is 2. The van der Waals surface area contributed by atoms with E-state index in [2.05, 4.69) is 0 Å². The van der Waals surface area contributed by atoms with Crippen LogP contribution in [0.15, 0.2) is 12.1 Å². The van der Waals surface area contributed by atoms with E-state index in [1.54, 1.807) is 20.3 Å². The molecule has 0 bridgehead atoms. The second kappa shape index (κ2) is 6.47. The minimum atomic E-state index is -0.647. The van der Waals surface area contributed by atoms with Gasteiger partial charge in [-0.05, 0) is 37.5 Å². The third kappa shape index (κ3) is 3.35. The second-order valence-corrected chi connectivity index (χ2v) is 3.95. The Morgan fingerprint density at radius 1 is 1.18 bits per heavy atom. The molecule has 1 unspecified atom stereocenters. The standard InChI is InChI=1S/C13H20O4/c1-9-7-13(17-3)10(8-12(9)16-2)11(15)5-4-6-14/h7-8,11,14-15H,4-6H2,1-3H3. The van der Waals surface area contributed by atoms with Gasteiger partial charge in [0.05, 0.1) is 20.3 Å². The average molecular weight is 240 g/mol. The molecule has 4 heteroatoms. The maximum absolute atomic E-state index is 10.0. The van der Waals surface area contributed by atoms with Crippen molar-refractivity contribution in [3.63, 3.8) is 0 Å². The number of ether oxygens (including phenoxy) is 2. The molecule has 1 aromatic rings. The molecule has 0 radical (unpaired) electrons. The van der Waals surface area contributed by atoms with Gasteiger partial charge in [-0.25, -0.2) is 0 Å². The SMILES string of the molecule is COc1cc(C(O)CCCO)c(OC)cc1C. The van der Waals surface area contributed by atoms with Crippen molar-refractivity contribution in [2.24, 2.45) is 0 Å². The van der Waals surface area contributed by atoms with Crippen LogP contribution in [-0.4, -0.2) is 31.0 Å². The zero-order chi connectivity index (χ0) is 12.8. The maximum atomic E-state index is 10.0. The first-order valence-corrected chi connectivity index (χ1v) is 5.65. The number of aliphatic hydroxyl groups is 2. The molecule has 2 N–H and O–H groups in total. The molecule has 96 valence electrons. The van der Waals surface area contributed by atoms with Crippen LogP contribution in [0.4, 0.5) is 0 Å². The third-order valence-electron chi connectivity index (χ3n) is 2.74. The van der Waals surface area contributed by atoms with Crippen LogP contribution >= 0.6 is 0 Å². The Morgan fingerprint density at radius 3 is 2.35 bits per heavy atom. The Balaban J connectivity index is 3.02. The van der Waals surface area contributed by atoms with E-state index < -0.39 is 6.10 Å². The number of rotatable bonds is 6. The molecule has 1 atom stereocenters. The summed E-state index contributed by atoms with van der Waals surface area (Å²) in [6.07, 6.45) is 0.408. The fourth-order valence-corrected chi connectivity index (χ4v) is 1.77. The molecule has 0 amide bonds. The topological polar surface area (TPSA) is 58.9 Å². The van der Waals surface area contributed by atoms with Gasteiger partial charge in [0.2, 0.25) is 0 Å². The Bertz CT molecular complexity index is 363. The molecule has 0 aliphatic heterocycles. The molecule has 0 saturated heterocycles. The highest BCUT2D eigenvalue weighted by molar-refractivity contribution is 5.46. The third-order valence-corrected chi connectivity index (χ3v) is 2.74. The van der Waals surface area contributed by atoms with Crippen LogP contribution in [0.25, 0.3) is 0 Å². The van der Waals surface area contributed by atoms with Crippen LogP contribution in [0, 0.1) is 6.92 Å². The first kappa shape index (κ1) is 13.8. The van der Waals surface area contributed by atoms with Crippen LogP contribution in [0.5, 0.6) is 11.5 Å². The molecule has 17 heavy (non-hydrogen) atoms. The fourth-order valence-electron chi connectivity index (χ4n) is 1.77. The van der Waals surface area contributed by atoms with Crippen molar-refractivity contribution in [3.8, 4) is 11.5 Å². The highest BCUT2D eigenvalue weighted by atomic mass is 16.5. The summed E-state index contributed by atoms with van der Waals surface area (Å²) in [7, 11) is 3.17. The molecule has 0 aliphatic carbocycles. The zero-order valence-corrected chi connectivity index (χ0v) is 10.6. The summed E-state index contributed by atoms with van der Waals surface area (Å²) in [4.78, 5) is 0. The summed E-state index contributed by atoms with van der Waals surface area (Å²) in [5, 5.41) is 18.8. The summed E-state index contributed by atoms with van der Waals surface area (Å²) >= 11 is 0. The lowest BCUT2D eigenvalue weighted by molar-refractivity contribution is 0.148. The van der Waals surface area contributed by atoms with Gasteiger partial charge in [-0.1, -0.05) is 0 Å². The summed E-state index contributed by atoms with van der Waals surface area (Å²) in [5.74, 6) is 1.37.